The summed E-state index contributed by atoms with van der Waals surface area (Å²) in [6.45, 7) is 6.34. The molecule has 5 rings (SSSR count). The molecule has 1 amide bonds. The number of carbonyl (C=O) groups excluding carboxylic acids is 1. The van der Waals surface area contributed by atoms with E-state index in [1.165, 1.54) is 24.2 Å². The highest BCUT2D eigenvalue weighted by molar-refractivity contribution is 7.15. The van der Waals surface area contributed by atoms with E-state index in [0.717, 1.165) is 13.1 Å². The van der Waals surface area contributed by atoms with Crippen LogP contribution in [0.25, 0.3) is 0 Å². The number of carbonyl (C=O) groups is 1. The Bertz CT molecular complexity index is 731. The molecule has 7 heteroatoms. The summed E-state index contributed by atoms with van der Waals surface area (Å²) in [4.78, 5) is 19.7. The average molecular weight is 347 g/mol. The second kappa shape index (κ2) is 6.22. The quantitative estimate of drug-likeness (QED) is 0.921. The second-order valence-corrected chi connectivity index (χ2v) is 7.62. The Kier molecular flexibility index (Phi) is 4.05. The summed E-state index contributed by atoms with van der Waals surface area (Å²) in [6.07, 6.45) is 4.16. The standard InChI is InChI=1S/C17H21N3O3S/c1-10-9-18-17(22-10)23-14-4-3-13(24-14)16(21)19-15-11(2)20-7-5-12(15)6-8-20/h3-4,9,11-12,15H,5-8H2,1-2H3,(H,19,21)/t11-,15-/m0/s1. The lowest BCUT2D eigenvalue weighted by molar-refractivity contribution is 0.0218. The first kappa shape index (κ1) is 15.7. The smallest absolute Gasteiger partial charge is 0.400 e. The van der Waals surface area contributed by atoms with Crippen molar-refractivity contribution in [3.63, 3.8) is 0 Å². The fourth-order valence-corrected chi connectivity index (χ4v) is 4.49. The zero-order valence-corrected chi connectivity index (χ0v) is 14.6. The Morgan fingerprint density at radius 3 is 2.88 bits per heavy atom. The van der Waals surface area contributed by atoms with Crippen molar-refractivity contribution >= 4 is 17.2 Å². The van der Waals surface area contributed by atoms with Gasteiger partial charge in [0.1, 0.15) is 5.76 Å². The van der Waals surface area contributed by atoms with Gasteiger partial charge < -0.3 is 14.5 Å². The number of aryl methyl sites for hydroxylation is 1. The largest absolute Gasteiger partial charge is 0.414 e. The van der Waals surface area contributed by atoms with Gasteiger partial charge in [0.25, 0.3) is 5.91 Å². The molecule has 0 aromatic carbocycles. The van der Waals surface area contributed by atoms with Crippen molar-refractivity contribution in [3.05, 3.63) is 29.0 Å². The highest BCUT2D eigenvalue weighted by atomic mass is 32.1. The Labute approximate surface area is 144 Å². The average Bonchev–Trinajstić information content (AvgIpc) is 3.21. The van der Waals surface area contributed by atoms with Crippen LogP contribution < -0.4 is 10.1 Å². The number of fused-ring (bicyclic) bond motifs is 3. The fraction of sp³-hybridized carbons (Fsp3) is 0.529. The van der Waals surface area contributed by atoms with Crippen LogP contribution in [0.15, 0.2) is 22.7 Å². The zero-order valence-electron chi connectivity index (χ0n) is 13.8. The van der Waals surface area contributed by atoms with Gasteiger partial charge in [-0.2, -0.15) is 4.98 Å². The highest BCUT2D eigenvalue weighted by Gasteiger charge is 2.40. The molecule has 0 unspecified atom stereocenters. The Hall–Kier alpha value is -1.86. The number of hydrogen-bond donors (Lipinski definition) is 1. The maximum atomic E-state index is 12.6. The van der Waals surface area contributed by atoms with Crippen molar-refractivity contribution in [2.45, 2.75) is 38.8 Å². The van der Waals surface area contributed by atoms with E-state index in [9.17, 15) is 4.79 Å². The van der Waals surface area contributed by atoms with Gasteiger partial charge in [0.2, 0.25) is 0 Å². The summed E-state index contributed by atoms with van der Waals surface area (Å²) in [5.41, 5.74) is 0. The summed E-state index contributed by atoms with van der Waals surface area (Å²) in [5.74, 6) is 1.26. The number of piperidine rings is 3. The second-order valence-electron chi connectivity index (χ2n) is 6.57. The number of oxazole rings is 1. The molecule has 3 aliphatic heterocycles. The first-order valence-corrected chi connectivity index (χ1v) is 9.17. The van der Waals surface area contributed by atoms with Gasteiger partial charge in [-0.25, -0.2) is 0 Å². The van der Waals surface area contributed by atoms with Gasteiger partial charge in [-0.05, 0) is 57.8 Å². The number of aromatic nitrogens is 1. The number of nitrogens with one attached hydrogen (secondary N) is 1. The van der Waals surface area contributed by atoms with Crippen LogP contribution in [-0.2, 0) is 0 Å². The molecule has 5 heterocycles. The number of thiophene rings is 1. The first-order valence-electron chi connectivity index (χ1n) is 8.35. The number of nitrogens with zero attached hydrogens (tertiary/aromatic N) is 2. The lowest BCUT2D eigenvalue weighted by Crippen LogP contribution is -2.62. The molecule has 1 N–H and O–H groups in total. The van der Waals surface area contributed by atoms with Crippen LogP contribution in [0, 0.1) is 12.8 Å². The molecule has 0 aliphatic carbocycles. The van der Waals surface area contributed by atoms with Crippen LogP contribution in [0.3, 0.4) is 0 Å². The molecule has 3 fully saturated rings. The molecule has 128 valence electrons. The number of rotatable bonds is 4. The van der Waals surface area contributed by atoms with Gasteiger partial charge in [0.05, 0.1) is 11.1 Å². The van der Waals surface area contributed by atoms with Crippen molar-refractivity contribution in [2.24, 2.45) is 5.92 Å². The molecule has 2 aromatic rings. The lowest BCUT2D eigenvalue weighted by Gasteiger charge is -2.49. The molecule has 3 aliphatic rings. The summed E-state index contributed by atoms with van der Waals surface area (Å²) in [5, 5.41) is 3.83. The lowest BCUT2D eigenvalue weighted by atomic mass is 9.79. The van der Waals surface area contributed by atoms with Crippen LogP contribution >= 0.6 is 11.3 Å². The Morgan fingerprint density at radius 1 is 1.42 bits per heavy atom. The number of ether oxygens (including phenoxy) is 1. The molecule has 2 atom stereocenters. The molecular formula is C17H21N3O3S. The van der Waals surface area contributed by atoms with E-state index < -0.39 is 0 Å². The summed E-state index contributed by atoms with van der Waals surface area (Å²) < 4.78 is 10.8. The Balaban J connectivity index is 1.41. The number of amides is 1. The van der Waals surface area contributed by atoms with Crippen molar-refractivity contribution in [2.75, 3.05) is 13.1 Å². The predicted molar refractivity (Wildman–Crippen MR) is 90.6 cm³/mol. The van der Waals surface area contributed by atoms with Crippen LogP contribution in [0.2, 0.25) is 0 Å². The van der Waals surface area contributed by atoms with Crippen LogP contribution in [-0.4, -0.2) is 41.0 Å². The number of hydrogen-bond acceptors (Lipinski definition) is 6. The normalized spacial score (nSPS) is 28.8. The van der Waals surface area contributed by atoms with E-state index in [-0.39, 0.29) is 18.0 Å². The van der Waals surface area contributed by atoms with Gasteiger partial charge in [0.15, 0.2) is 5.06 Å². The van der Waals surface area contributed by atoms with E-state index in [2.05, 4.69) is 22.1 Å². The zero-order chi connectivity index (χ0) is 16.7. The van der Waals surface area contributed by atoms with Gasteiger partial charge in [-0.3, -0.25) is 9.69 Å². The van der Waals surface area contributed by atoms with E-state index >= 15 is 0 Å². The molecule has 2 bridgehead atoms. The summed E-state index contributed by atoms with van der Waals surface area (Å²) in [7, 11) is 0. The van der Waals surface area contributed by atoms with Crippen LogP contribution in [0.1, 0.15) is 35.2 Å². The minimum Gasteiger partial charge on any atom is -0.414 e. The van der Waals surface area contributed by atoms with E-state index in [4.69, 9.17) is 9.15 Å². The molecule has 0 saturated carbocycles. The van der Waals surface area contributed by atoms with Gasteiger partial charge in [-0.15, -0.1) is 0 Å². The predicted octanol–water partition coefficient (Wildman–Crippen LogP) is 3.05. The molecule has 3 saturated heterocycles. The third-order valence-corrected chi connectivity index (χ3v) is 6.03. The highest BCUT2D eigenvalue weighted by Crippen LogP contribution is 2.33. The Morgan fingerprint density at radius 2 is 2.21 bits per heavy atom. The molecule has 2 aromatic heterocycles. The maximum absolute atomic E-state index is 12.6. The topological polar surface area (TPSA) is 67.6 Å². The minimum atomic E-state index is -0.0240. The molecular weight excluding hydrogens is 326 g/mol. The van der Waals surface area contributed by atoms with Crippen molar-refractivity contribution in [1.82, 2.24) is 15.2 Å². The van der Waals surface area contributed by atoms with Gasteiger partial charge in [0, 0.05) is 12.1 Å². The molecule has 6 nitrogen and oxygen atoms in total. The minimum absolute atomic E-state index is 0.0240. The third-order valence-electron chi connectivity index (χ3n) is 5.07. The molecule has 0 spiro atoms. The van der Waals surface area contributed by atoms with Gasteiger partial charge >= 0.3 is 6.08 Å². The van der Waals surface area contributed by atoms with Crippen LogP contribution in [0.4, 0.5) is 0 Å². The van der Waals surface area contributed by atoms with Crippen molar-refractivity contribution in [3.8, 4) is 11.1 Å². The van der Waals surface area contributed by atoms with Crippen LogP contribution in [0.5, 0.6) is 11.1 Å². The first-order chi connectivity index (χ1) is 11.6. The monoisotopic (exact) mass is 347 g/mol. The fourth-order valence-electron chi connectivity index (χ4n) is 3.73. The summed E-state index contributed by atoms with van der Waals surface area (Å²) >= 11 is 1.31. The van der Waals surface area contributed by atoms with E-state index in [1.54, 1.807) is 18.3 Å². The molecule has 24 heavy (non-hydrogen) atoms. The van der Waals surface area contributed by atoms with Gasteiger partial charge in [-0.1, -0.05) is 11.3 Å². The third kappa shape index (κ3) is 2.93. The SMILES string of the molecule is Cc1cnc(Oc2ccc(C(=O)N[C@@H]3C4CCN(CC4)[C@H]3C)s2)o1. The van der Waals surface area contributed by atoms with Crippen molar-refractivity contribution in [1.29, 1.82) is 0 Å². The maximum Gasteiger partial charge on any atom is 0.400 e. The molecule has 0 radical (unpaired) electrons. The summed E-state index contributed by atoms with van der Waals surface area (Å²) in [6, 6.07) is 4.21. The van der Waals surface area contributed by atoms with E-state index in [1.807, 2.05) is 6.92 Å². The van der Waals surface area contributed by atoms with Crippen molar-refractivity contribution < 1.29 is 13.9 Å². The van der Waals surface area contributed by atoms with E-state index in [0.29, 0.717) is 27.7 Å².